The van der Waals surface area contributed by atoms with Crippen molar-refractivity contribution in [1.29, 1.82) is 0 Å². The number of aromatic nitrogens is 1. The topological polar surface area (TPSA) is 24.9 Å². The van der Waals surface area contributed by atoms with Crippen molar-refractivity contribution in [1.82, 2.24) is 10.3 Å². The fourth-order valence-corrected chi connectivity index (χ4v) is 5.67. The summed E-state index contributed by atoms with van der Waals surface area (Å²) >= 11 is 7.70. The smallest absolute Gasteiger partial charge is 0.0420 e. The van der Waals surface area contributed by atoms with Crippen molar-refractivity contribution in [2.45, 2.75) is 43.2 Å². The number of thioether (sulfide) groups is 2. The van der Waals surface area contributed by atoms with Gasteiger partial charge in [0.15, 0.2) is 0 Å². The van der Waals surface area contributed by atoms with E-state index < -0.39 is 0 Å². The highest BCUT2D eigenvalue weighted by molar-refractivity contribution is 9.10. The molecule has 1 aliphatic rings. The van der Waals surface area contributed by atoms with Crippen LogP contribution >= 0.6 is 39.5 Å². The first-order valence-electron chi connectivity index (χ1n) is 7.27. The molecule has 3 unspecified atom stereocenters. The van der Waals surface area contributed by atoms with Gasteiger partial charge in [-0.05, 0) is 41.0 Å². The van der Waals surface area contributed by atoms with Gasteiger partial charge >= 0.3 is 0 Å². The van der Waals surface area contributed by atoms with E-state index in [1.165, 1.54) is 23.6 Å². The maximum absolute atomic E-state index is 4.54. The predicted octanol–water partition coefficient (Wildman–Crippen LogP) is 3.99. The highest BCUT2D eigenvalue weighted by Crippen LogP contribution is 2.34. The summed E-state index contributed by atoms with van der Waals surface area (Å²) in [7, 11) is 0. The van der Waals surface area contributed by atoms with Crippen LogP contribution in [-0.2, 0) is 6.42 Å². The summed E-state index contributed by atoms with van der Waals surface area (Å²) in [5.74, 6) is 2.57. The summed E-state index contributed by atoms with van der Waals surface area (Å²) in [5.41, 5.74) is 1.19. The average Bonchev–Trinajstić information content (AvgIpc) is 2.46. The Morgan fingerprint density at radius 2 is 2.20 bits per heavy atom. The summed E-state index contributed by atoms with van der Waals surface area (Å²) in [6.45, 7) is 5.70. The Kier molecular flexibility index (Phi) is 7.22. The molecule has 1 aromatic heterocycles. The normalized spacial score (nSPS) is 24.6. The van der Waals surface area contributed by atoms with Crippen LogP contribution in [0.4, 0.5) is 0 Å². The van der Waals surface area contributed by atoms with Gasteiger partial charge in [0, 0.05) is 50.8 Å². The minimum absolute atomic E-state index is 0.524. The van der Waals surface area contributed by atoms with Crippen molar-refractivity contribution in [3.8, 4) is 0 Å². The van der Waals surface area contributed by atoms with Gasteiger partial charge in [-0.1, -0.05) is 13.8 Å². The van der Waals surface area contributed by atoms with Crippen LogP contribution in [0.5, 0.6) is 0 Å². The second kappa shape index (κ2) is 8.66. The second-order valence-corrected chi connectivity index (χ2v) is 8.83. The Balaban J connectivity index is 2.03. The largest absolute Gasteiger partial charge is 0.312 e. The van der Waals surface area contributed by atoms with Gasteiger partial charge in [-0.2, -0.15) is 23.5 Å². The Morgan fingerprint density at radius 1 is 1.40 bits per heavy atom. The third-order valence-electron chi connectivity index (χ3n) is 3.51. The summed E-state index contributed by atoms with van der Waals surface area (Å²) in [4.78, 5) is 4.54. The van der Waals surface area contributed by atoms with Gasteiger partial charge in [-0.25, -0.2) is 0 Å². The molecule has 0 spiro atoms. The molecule has 1 aromatic rings. The van der Waals surface area contributed by atoms with E-state index in [1.807, 2.05) is 6.20 Å². The molecule has 1 fully saturated rings. The number of hydrogen-bond acceptors (Lipinski definition) is 4. The molecule has 2 heterocycles. The van der Waals surface area contributed by atoms with E-state index in [0.29, 0.717) is 11.3 Å². The third kappa shape index (κ3) is 4.93. The van der Waals surface area contributed by atoms with Crippen LogP contribution in [0.15, 0.2) is 22.8 Å². The minimum atomic E-state index is 0.524. The van der Waals surface area contributed by atoms with E-state index in [0.717, 1.165) is 22.7 Å². The van der Waals surface area contributed by atoms with Gasteiger partial charge in [0.2, 0.25) is 0 Å². The maximum Gasteiger partial charge on any atom is 0.0420 e. The van der Waals surface area contributed by atoms with E-state index in [4.69, 9.17) is 0 Å². The monoisotopic (exact) mass is 374 g/mol. The van der Waals surface area contributed by atoms with Crippen molar-refractivity contribution < 1.29 is 0 Å². The summed E-state index contributed by atoms with van der Waals surface area (Å²) < 4.78 is 1.05. The van der Waals surface area contributed by atoms with Gasteiger partial charge in [0.1, 0.15) is 0 Å². The van der Waals surface area contributed by atoms with Crippen LogP contribution in [0.2, 0.25) is 0 Å². The second-order valence-electron chi connectivity index (χ2n) is 5.14. The van der Waals surface area contributed by atoms with Crippen LogP contribution in [0.1, 0.15) is 26.0 Å². The number of nitrogens with one attached hydrogen (secondary N) is 1. The Hall–Kier alpha value is 0.290. The number of rotatable bonds is 6. The third-order valence-corrected chi connectivity index (χ3v) is 7.23. The van der Waals surface area contributed by atoms with Crippen LogP contribution in [0.25, 0.3) is 0 Å². The molecule has 112 valence electrons. The van der Waals surface area contributed by atoms with E-state index in [1.54, 1.807) is 0 Å². The first kappa shape index (κ1) is 16.7. The van der Waals surface area contributed by atoms with Crippen LogP contribution < -0.4 is 5.32 Å². The lowest BCUT2D eigenvalue weighted by atomic mass is 10.0. The van der Waals surface area contributed by atoms with Gasteiger partial charge < -0.3 is 5.32 Å². The van der Waals surface area contributed by atoms with Crippen molar-refractivity contribution in [3.05, 3.63) is 28.5 Å². The zero-order valence-corrected chi connectivity index (χ0v) is 15.4. The first-order valence-corrected chi connectivity index (χ1v) is 10.2. The molecular weight excluding hydrogens is 352 g/mol. The molecule has 2 nitrogen and oxygen atoms in total. The van der Waals surface area contributed by atoms with E-state index in [-0.39, 0.29) is 0 Å². The van der Waals surface area contributed by atoms with Crippen LogP contribution in [0.3, 0.4) is 0 Å². The zero-order chi connectivity index (χ0) is 14.4. The van der Waals surface area contributed by atoms with Crippen molar-refractivity contribution in [3.63, 3.8) is 0 Å². The molecule has 1 aliphatic heterocycles. The molecule has 2 rings (SSSR count). The van der Waals surface area contributed by atoms with E-state index in [2.05, 4.69) is 75.7 Å². The molecule has 20 heavy (non-hydrogen) atoms. The lowest BCUT2D eigenvalue weighted by Crippen LogP contribution is -2.46. The molecule has 1 saturated heterocycles. The van der Waals surface area contributed by atoms with Crippen molar-refractivity contribution in [2.75, 3.05) is 18.1 Å². The zero-order valence-electron chi connectivity index (χ0n) is 12.1. The molecule has 0 aromatic carbocycles. The predicted molar refractivity (Wildman–Crippen MR) is 95.9 cm³/mol. The average molecular weight is 375 g/mol. The summed E-state index contributed by atoms with van der Waals surface area (Å²) in [5, 5.41) is 5.15. The molecule has 5 heteroatoms. The highest BCUT2D eigenvalue weighted by atomic mass is 79.9. The molecule has 0 aliphatic carbocycles. The quantitative estimate of drug-likeness (QED) is 0.813. The lowest BCUT2D eigenvalue weighted by Gasteiger charge is -2.35. The Labute approximate surface area is 139 Å². The molecule has 1 N–H and O–H groups in total. The lowest BCUT2D eigenvalue weighted by molar-refractivity contribution is 0.483. The van der Waals surface area contributed by atoms with Crippen molar-refractivity contribution in [2.24, 2.45) is 0 Å². The number of nitrogens with zero attached hydrogens (tertiary/aromatic N) is 1. The minimum Gasteiger partial charge on any atom is -0.312 e. The first-order chi connectivity index (χ1) is 9.70. The number of hydrogen-bond donors (Lipinski definition) is 1. The molecule has 0 radical (unpaired) electrons. The SMILES string of the molecule is CCCNC(Cc1ccc(Br)cn1)C1SCCSC1C. The van der Waals surface area contributed by atoms with Gasteiger partial charge in [0.25, 0.3) is 0 Å². The van der Waals surface area contributed by atoms with Gasteiger partial charge in [0.05, 0.1) is 0 Å². The molecule has 3 atom stereocenters. The Morgan fingerprint density at radius 3 is 2.85 bits per heavy atom. The Bertz CT molecular complexity index is 399. The van der Waals surface area contributed by atoms with Crippen molar-refractivity contribution >= 4 is 39.5 Å². The number of pyridine rings is 1. The van der Waals surface area contributed by atoms with Gasteiger partial charge in [-0.15, -0.1) is 0 Å². The summed E-state index contributed by atoms with van der Waals surface area (Å²) in [6.07, 6.45) is 4.11. The maximum atomic E-state index is 4.54. The molecule has 0 bridgehead atoms. The summed E-state index contributed by atoms with van der Waals surface area (Å²) in [6, 6.07) is 4.75. The van der Waals surface area contributed by atoms with E-state index >= 15 is 0 Å². The van der Waals surface area contributed by atoms with Crippen LogP contribution in [0, 0.1) is 0 Å². The fourth-order valence-electron chi connectivity index (χ4n) is 2.48. The van der Waals surface area contributed by atoms with Crippen LogP contribution in [-0.4, -0.2) is 39.6 Å². The van der Waals surface area contributed by atoms with E-state index in [9.17, 15) is 0 Å². The standard InChI is InChI=1S/C15H23BrN2S2/c1-3-6-17-14(15-11(2)19-7-8-20-15)9-13-5-4-12(16)10-18-13/h4-5,10-11,14-15,17H,3,6-9H2,1-2H3. The molecule has 0 saturated carbocycles. The highest BCUT2D eigenvalue weighted by Gasteiger charge is 2.30. The fraction of sp³-hybridized carbons (Fsp3) is 0.667. The van der Waals surface area contributed by atoms with Gasteiger partial charge in [-0.3, -0.25) is 4.98 Å². The molecule has 0 amide bonds. The molecular formula is C15H23BrN2S2. The number of halogens is 1.